The van der Waals surface area contributed by atoms with E-state index in [0.29, 0.717) is 11.5 Å². The molecular formula is C17H20N2O2. The molecule has 0 aromatic heterocycles. The smallest absolute Gasteiger partial charge is 0.328 e. The van der Waals surface area contributed by atoms with E-state index in [2.05, 4.69) is 17.9 Å². The van der Waals surface area contributed by atoms with Crippen LogP contribution in [0.15, 0.2) is 24.3 Å². The van der Waals surface area contributed by atoms with Gasteiger partial charge in [0.1, 0.15) is 6.07 Å². The molecule has 0 bridgehead atoms. The van der Waals surface area contributed by atoms with Gasteiger partial charge in [-0.25, -0.2) is 4.79 Å². The number of nitrogens with zero attached hydrogens (tertiary/aromatic N) is 2. The molecule has 21 heavy (non-hydrogen) atoms. The second-order valence-electron chi connectivity index (χ2n) is 5.42. The molecule has 0 saturated carbocycles. The number of nitriles is 1. The summed E-state index contributed by atoms with van der Waals surface area (Å²) in [5.41, 5.74) is 2.31. The Morgan fingerprint density at radius 1 is 1.57 bits per heavy atom. The Morgan fingerprint density at radius 2 is 2.38 bits per heavy atom. The lowest BCUT2D eigenvalue weighted by atomic mass is 9.94. The number of anilines is 1. The van der Waals surface area contributed by atoms with Gasteiger partial charge in [-0.05, 0) is 42.5 Å². The summed E-state index contributed by atoms with van der Waals surface area (Å²) in [5.74, 6) is -0.295. The first-order valence-electron chi connectivity index (χ1n) is 7.34. The number of aliphatic carboxylic acids is 1. The summed E-state index contributed by atoms with van der Waals surface area (Å²) in [6, 6.07) is 7.78. The van der Waals surface area contributed by atoms with Gasteiger partial charge in [0.05, 0.1) is 11.3 Å². The molecule has 1 aromatic rings. The van der Waals surface area contributed by atoms with Crippen LogP contribution in [0.25, 0.3) is 6.08 Å². The van der Waals surface area contributed by atoms with Crippen molar-refractivity contribution in [3.05, 3.63) is 35.4 Å². The van der Waals surface area contributed by atoms with E-state index >= 15 is 0 Å². The first-order chi connectivity index (χ1) is 10.1. The van der Waals surface area contributed by atoms with Gasteiger partial charge in [-0.1, -0.05) is 19.4 Å². The molecule has 1 aromatic carbocycles. The van der Waals surface area contributed by atoms with Crippen LogP contribution in [-0.2, 0) is 4.79 Å². The number of hydrogen-bond donors (Lipinski definition) is 1. The number of piperidine rings is 1. The number of carbonyl (C=O) groups is 1. The van der Waals surface area contributed by atoms with Gasteiger partial charge in [0, 0.05) is 19.2 Å². The van der Waals surface area contributed by atoms with Gasteiger partial charge in [0.15, 0.2) is 0 Å². The van der Waals surface area contributed by atoms with Crippen LogP contribution < -0.4 is 4.90 Å². The van der Waals surface area contributed by atoms with Gasteiger partial charge in [0.2, 0.25) is 0 Å². The van der Waals surface area contributed by atoms with Crippen LogP contribution >= 0.6 is 0 Å². The highest BCUT2D eigenvalue weighted by atomic mass is 16.4. The topological polar surface area (TPSA) is 64.3 Å². The fraction of sp³-hybridized carbons (Fsp3) is 0.412. The van der Waals surface area contributed by atoms with Crippen molar-refractivity contribution < 1.29 is 9.90 Å². The molecule has 4 nitrogen and oxygen atoms in total. The van der Waals surface area contributed by atoms with Crippen molar-refractivity contribution in [2.75, 3.05) is 18.0 Å². The molecule has 0 aliphatic carbocycles. The Morgan fingerprint density at radius 3 is 3.05 bits per heavy atom. The molecule has 2 rings (SSSR count). The molecule has 1 aliphatic heterocycles. The van der Waals surface area contributed by atoms with Crippen LogP contribution in [-0.4, -0.2) is 24.2 Å². The number of carboxylic acids is 1. The maximum Gasteiger partial charge on any atom is 0.328 e. The van der Waals surface area contributed by atoms with E-state index in [1.807, 2.05) is 12.1 Å². The summed E-state index contributed by atoms with van der Waals surface area (Å²) < 4.78 is 0. The van der Waals surface area contributed by atoms with Gasteiger partial charge >= 0.3 is 5.97 Å². The van der Waals surface area contributed by atoms with Crippen molar-refractivity contribution in [1.82, 2.24) is 0 Å². The number of rotatable bonds is 4. The summed E-state index contributed by atoms with van der Waals surface area (Å²) in [7, 11) is 0. The van der Waals surface area contributed by atoms with Crippen molar-refractivity contribution in [1.29, 1.82) is 5.26 Å². The lowest BCUT2D eigenvalue weighted by Crippen LogP contribution is -2.35. The molecule has 110 valence electrons. The predicted octanol–water partition coefficient (Wildman–Crippen LogP) is 3.28. The summed E-state index contributed by atoms with van der Waals surface area (Å²) in [6.07, 6.45) is 6.18. The molecule has 4 heteroatoms. The first-order valence-corrected chi connectivity index (χ1v) is 7.34. The minimum Gasteiger partial charge on any atom is -0.478 e. The predicted molar refractivity (Wildman–Crippen MR) is 83.1 cm³/mol. The number of benzene rings is 1. The fourth-order valence-corrected chi connectivity index (χ4v) is 2.81. The minimum atomic E-state index is -0.987. The lowest BCUT2D eigenvalue weighted by Gasteiger charge is -2.34. The molecular weight excluding hydrogens is 264 g/mol. The van der Waals surface area contributed by atoms with Gasteiger partial charge in [0.25, 0.3) is 0 Å². The summed E-state index contributed by atoms with van der Waals surface area (Å²) in [5, 5.41) is 18.0. The molecule has 1 heterocycles. The highest BCUT2D eigenvalue weighted by molar-refractivity contribution is 5.85. The molecule has 0 amide bonds. The standard InChI is InChI=1S/C17H20N2O2/c1-2-13-4-3-9-19(12-13)16-7-5-14(6-8-17(20)21)10-15(16)11-18/h5-8,10,13H,2-4,9,12H2,1H3,(H,20,21)/b8-6+. The first kappa shape index (κ1) is 15.1. The Hall–Kier alpha value is -2.28. The fourth-order valence-electron chi connectivity index (χ4n) is 2.81. The van der Waals surface area contributed by atoms with E-state index in [0.717, 1.165) is 43.3 Å². The van der Waals surface area contributed by atoms with Crippen LogP contribution in [0.4, 0.5) is 5.69 Å². The highest BCUT2D eigenvalue weighted by Crippen LogP contribution is 2.28. The largest absolute Gasteiger partial charge is 0.478 e. The van der Waals surface area contributed by atoms with E-state index in [-0.39, 0.29) is 0 Å². The third-order valence-electron chi connectivity index (χ3n) is 4.00. The van der Waals surface area contributed by atoms with Crippen LogP contribution in [0.2, 0.25) is 0 Å². The maximum absolute atomic E-state index is 10.6. The molecule has 1 atom stereocenters. The molecule has 1 N–H and O–H groups in total. The van der Waals surface area contributed by atoms with Gasteiger partial charge in [-0.15, -0.1) is 0 Å². The zero-order valence-corrected chi connectivity index (χ0v) is 12.2. The number of hydrogen-bond acceptors (Lipinski definition) is 3. The lowest BCUT2D eigenvalue weighted by molar-refractivity contribution is -0.131. The van der Waals surface area contributed by atoms with E-state index in [1.165, 1.54) is 12.5 Å². The van der Waals surface area contributed by atoms with Crippen LogP contribution in [0, 0.1) is 17.2 Å². The summed E-state index contributed by atoms with van der Waals surface area (Å²) in [6.45, 7) is 4.18. The summed E-state index contributed by atoms with van der Waals surface area (Å²) >= 11 is 0. The van der Waals surface area contributed by atoms with Crippen molar-refractivity contribution in [3.63, 3.8) is 0 Å². The Kier molecular flexibility index (Phi) is 4.99. The Labute approximate surface area is 125 Å². The van der Waals surface area contributed by atoms with Crippen molar-refractivity contribution in [2.24, 2.45) is 5.92 Å². The van der Waals surface area contributed by atoms with Crippen molar-refractivity contribution >= 4 is 17.7 Å². The number of carboxylic acid groups (broad SMARTS) is 1. The normalized spacial score (nSPS) is 18.7. The quantitative estimate of drug-likeness (QED) is 0.862. The third-order valence-corrected chi connectivity index (χ3v) is 4.00. The van der Waals surface area contributed by atoms with Crippen molar-refractivity contribution in [3.8, 4) is 6.07 Å². The Balaban J connectivity index is 2.24. The van der Waals surface area contributed by atoms with E-state index < -0.39 is 5.97 Å². The van der Waals surface area contributed by atoms with Crippen molar-refractivity contribution in [2.45, 2.75) is 26.2 Å². The van der Waals surface area contributed by atoms with E-state index in [4.69, 9.17) is 5.11 Å². The zero-order valence-electron chi connectivity index (χ0n) is 12.2. The van der Waals surface area contributed by atoms with E-state index in [9.17, 15) is 10.1 Å². The molecule has 0 spiro atoms. The minimum absolute atomic E-state index is 0.610. The third kappa shape index (κ3) is 3.85. The monoisotopic (exact) mass is 284 g/mol. The average molecular weight is 284 g/mol. The average Bonchev–Trinajstić information content (AvgIpc) is 2.52. The van der Waals surface area contributed by atoms with Crippen LogP contribution in [0.3, 0.4) is 0 Å². The SMILES string of the molecule is CCC1CCCN(c2ccc(/C=C/C(=O)O)cc2C#N)C1. The van der Waals surface area contributed by atoms with Crippen LogP contribution in [0.5, 0.6) is 0 Å². The molecule has 1 unspecified atom stereocenters. The zero-order chi connectivity index (χ0) is 15.2. The molecule has 1 aliphatic rings. The molecule has 0 radical (unpaired) electrons. The highest BCUT2D eigenvalue weighted by Gasteiger charge is 2.20. The maximum atomic E-state index is 10.6. The van der Waals surface area contributed by atoms with Gasteiger partial charge < -0.3 is 10.0 Å². The Bertz CT molecular complexity index is 587. The van der Waals surface area contributed by atoms with Gasteiger partial charge in [-0.2, -0.15) is 5.26 Å². The molecule has 1 fully saturated rings. The second-order valence-corrected chi connectivity index (χ2v) is 5.42. The van der Waals surface area contributed by atoms with E-state index in [1.54, 1.807) is 6.07 Å². The second kappa shape index (κ2) is 6.94. The molecule has 1 saturated heterocycles. The van der Waals surface area contributed by atoms with Gasteiger partial charge in [-0.3, -0.25) is 0 Å². The van der Waals surface area contributed by atoms with Crippen LogP contribution in [0.1, 0.15) is 37.3 Å². The summed E-state index contributed by atoms with van der Waals surface area (Å²) in [4.78, 5) is 12.8.